The van der Waals surface area contributed by atoms with Crippen molar-refractivity contribution in [2.24, 2.45) is 11.0 Å². The van der Waals surface area contributed by atoms with Crippen molar-refractivity contribution in [1.82, 2.24) is 10.4 Å². The number of methoxy groups -OCH3 is 1. The molecule has 2 aromatic carbocycles. The molecular weight excluding hydrogens is 378 g/mol. The number of nitrogens with zero attached hydrogens (tertiary/aromatic N) is 1. The molecular formula is C24H27N3O3. The van der Waals surface area contributed by atoms with E-state index < -0.39 is 0 Å². The summed E-state index contributed by atoms with van der Waals surface area (Å²) < 4.78 is 11.0. The van der Waals surface area contributed by atoms with Gasteiger partial charge in [-0.3, -0.25) is 4.79 Å². The Balaban J connectivity index is 1.53. The number of carbonyl (C=O) groups excluding carboxylic acids is 1. The van der Waals surface area contributed by atoms with Crippen LogP contribution in [0.15, 0.2) is 41.5 Å². The second-order valence-electron chi connectivity index (χ2n) is 7.70. The number of carbonyl (C=O) groups is 1. The third kappa shape index (κ3) is 3.90. The molecule has 0 saturated carbocycles. The van der Waals surface area contributed by atoms with Gasteiger partial charge < -0.3 is 14.5 Å². The van der Waals surface area contributed by atoms with Crippen LogP contribution in [-0.4, -0.2) is 30.8 Å². The van der Waals surface area contributed by atoms with Gasteiger partial charge in [0, 0.05) is 27.7 Å². The maximum Gasteiger partial charge on any atom is 0.271 e. The van der Waals surface area contributed by atoms with Crippen LogP contribution in [0.4, 0.5) is 0 Å². The van der Waals surface area contributed by atoms with Crippen LogP contribution in [0, 0.1) is 5.92 Å². The lowest BCUT2D eigenvalue weighted by molar-refractivity contribution is 0.0955. The van der Waals surface area contributed by atoms with Crippen molar-refractivity contribution in [2.75, 3.05) is 13.7 Å². The zero-order chi connectivity index (χ0) is 21.1. The summed E-state index contributed by atoms with van der Waals surface area (Å²) in [6.07, 6.45) is 4.89. The SMILES string of the molecule is CCOc1cccc(/C=N\NC(=O)c2ccc3[nH]c4c(c3c2)CC(C)CC4)c1OC. The molecule has 0 bridgehead atoms. The Morgan fingerprint density at radius 1 is 1.33 bits per heavy atom. The number of hydrogen-bond donors (Lipinski definition) is 2. The number of amides is 1. The first kappa shape index (κ1) is 20.0. The standard InChI is InChI=1S/C24H27N3O3/c1-4-30-22-7-5-6-17(23(22)29-3)14-25-27-24(28)16-9-11-21-19(13-16)18-12-15(2)8-10-20(18)26-21/h5-7,9,11,13-15,26H,4,8,10,12H2,1-3H3,(H,27,28)/b25-14-. The van der Waals surface area contributed by atoms with E-state index in [1.165, 1.54) is 17.7 Å². The van der Waals surface area contributed by atoms with Gasteiger partial charge in [-0.05, 0) is 68.0 Å². The summed E-state index contributed by atoms with van der Waals surface area (Å²) in [6.45, 7) is 4.74. The van der Waals surface area contributed by atoms with Crippen molar-refractivity contribution in [1.29, 1.82) is 0 Å². The summed E-state index contributed by atoms with van der Waals surface area (Å²) in [7, 11) is 1.58. The largest absolute Gasteiger partial charge is 0.492 e. The number of ether oxygens (including phenoxy) is 2. The minimum absolute atomic E-state index is 0.244. The molecule has 6 heteroatoms. The summed E-state index contributed by atoms with van der Waals surface area (Å²) in [5, 5.41) is 5.27. The molecule has 1 unspecified atom stereocenters. The average molecular weight is 405 g/mol. The monoisotopic (exact) mass is 405 g/mol. The first-order valence-corrected chi connectivity index (χ1v) is 10.4. The van der Waals surface area contributed by atoms with Gasteiger partial charge in [-0.1, -0.05) is 13.0 Å². The Kier molecular flexibility index (Phi) is 5.74. The Labute approximate surface area is 176 Å². The fourth-order valence-electron chi connectivity index (χ4n) is 4.08. The summed E-state index contributed by atoms with van der Waals surface area (Å²) in [6, 6.07) is 11.3. The van der Waals surface area contributed by atoms with Crippen LogP contribution in [0.5, 0.6) is 11.5 Å². The summed E-state index contributed by atoms with van der Waals surface area (Å²) in [5.74, 6) is 1.66. The van der Waals surface area contributed by atoms with Crippen molar-refractivity contribution in [3.8, 4) is 11.5 Å². The summed E-state index contributed by atoms with van der Waals surface area (Å²) in [4.78, 5) is 16.2. The van der Waals surface area contributed by atoms with E-state index in [0.717, 1.165) is 29.3 Å². The maximum atomic E-state index is 12.7. The molecule has 30 heavy (non-hydrogen) atoms. The number of benzene rings is 2. The summed E-state index contributed by atoms with van der Waals surface area (Å²) in [5.41, 5.74) is 7.68. The molecule has 0 radical (unpaired) electrons. The summed E-state index contributed by atoms with van der Waals surface area (Å²) >= 11 is 0. The van der Waals surface area contributed by atoms with Crippen LogP contribution in [-0.2, 0) is 12.8 Å². The molecule has 1 aromatic heterocycles. The van der Waals surface area contributed by atoms with Gasteiger partial charge in [-0.25, -0.2) is 5.43 Å². The molecule has 1 aliphatic carbocycles. The highest BCUT2D eigenvalue weighted by atomic mass is 16.5. The zero-order valence-electron chi connectivity index (χ0n) is 17.6. The van der Waals surface area contributed by atoms with E-state index in [1.807, 2.05) is 43.3 Å². The highest BCUT2D eigenvalue weighted by Crippen LogP contribution is 2.32. The predicted octanol–water partition coefficient (Wildman–Crippen LogP) is 4.46. The number of para-hydroxylation sites is 1. The first-order valence-electron chi connectivity index (χ1n) is 10.4. The number of fused-ring (bicyclic) bond motifs is 3. The first-order chi connectivity index (χ1) is 14.6. The van der Waals surface area contributed by atoms with Gasteiger partial charge in [0.25, 0.3) is 5.91 Å². The van der Waals surface area contributed by atoms with E-state index in [9.17, 15) is 4.79 Å². The number of aromatic nitrogens is 1. The molecule has 4 rings (SSSR count). The van der Waals surface area contributed by atoms with Gasteiger partial charge >= 0.3 is 0 Å². The van der Waals surface area contributed by atoms with Gasteiger partial charge in [0.15, 0.2) is 11.5 Å². The molecule has 156 valence electrons. The van der Waals surface area contributed by atoms with Crippen LogP contribution < -0.4 is 14.9 Å². The van der Waals surface area contributed by atoms with E-state index in [4.69, 9.17) is 9.47 Å². The quantitative estimate of drug-likeness (QED) is 0.469. The number of hydrogen-bond acceptors (Lipinski definition) is 4. The van der Waals surface area contributed by atoms with Crippen LogP contribution in [0.1, 0.15) is 47.4 Å². The Morgan fingerprint density at radius 2 is 2.20 bits per heavy atom. The smallest absolute Gasteiger partial charge is 0.271 e. The predicted molar refractivity (Wildman–Crippen MR) is 119 cm³/mol. The molecule has 0 spiro atoms. The number of nitrogens with one attached hydrogen (secondary N) is 2. The fourth-order valence-corrected chi connectivity index (χ4v) is 4.08. The highest BCUT2D eigenvalue weighted by molar-refractivity contribution is 5.99. The Hall–Kier alpha value is -3.28. The lowest BCUT2D eigenvalue weighted by Gasteiger charge is -2.18. The Bertz CT molecular complexity index is 1100. The molecule has 2 N–H and O–H groups in total. The maximum absolute atomic E-state index is 12.7. The third-order valence-electron chi connectivity index (χ3n) is 5.58. The van der Waals surface area contributed by atoms with E-state index in [-0.39, 0.29) is 5.91 Å². The number of aryl methyl sites for hydroxylation is 1. The second kappa shape index (κ2) is 8.61. The van der Waals surface area contributed by atoms with Gasteiger partial charge in [0.05, 0.1) is 19.9 Å². The van der Waals surface area contributed by atoms with Crippen LogP contribution in [0.2, 0.25) is 0 Å². The van der Waals surface area contributed by atoms with E-state index >= 15 is 0 Å². The molecule has 1 amide bonds. The Morgan fingerprint density at radius 3 is 3.00 bits per heavy atom. The minimum Gasteiger partial charge on any atom is -0.492 e. The molecule has 1 aliphatic rings. The lowest BCUT2D eigenvalue weighted by atomic mass is 9.87. The van der Waals surface area contributed by atoms with E-state index in [0.29, 0.717) is 29.6 Å². The van der Waals surface area contributed by atoms with Crippen molar-refractivity contribution in [3.05, 3.63) is 58.8 Å². The third-order valence-corrected chi connectivity index (χ3v) is 5.58. The lowest BCUT2D eigenvalue weighted by Crippen LogP contribution is -2.17. The van der Waals surface area contributed by atoms with Crippen LogP contribution in [0.25, 0.3) is 10.9 Å². The van der Waals surface area contributed by atoms with Gasteiger partial charge in [0.1, 0.15) is 0 Å². The number of hydrazone groups is 1. The fraction of sp³-hybridized carbons (Fsp3) is 0.333. The second-order valence-corrected chi connectivity index (χ2v) is 7.70. The van der Waals surface area contributed by atoms with Gasteiger partial charge in [-0.15, -0.1) is 0 Å². The van der Waals surface area contributed by atoms with Crippen molar-refractivity contribution in [3.63, 3.8) is 0 Å². The molecule has 0 aliphatic heterocycles. The van der Waals surface area contributed by atoms with Gasteiger partial charge in [-0.2, -0.15) is 5.10 Å². The zero-order valence-corrected chi connectivity index (χ0v) is 17.6. The number of rotatable bonds is 6. The molecule has 1 atom stereocenters. The molecule has 1 heterocycles. The van der Waals surface area contributed by atoms with Crippen LogP contribution >= 0.6 is 0 Å². The van der Waals surface area contributed by atoms with Crippen molar-refractivity contribution >= 4 is 23.0 Å². The van der Waals surface area contributed by atoms with Crippen molar-refractivity contribution < 1.29 is 14.3 Å². The molecule has 3 aromatic rings. The number of H-pyrrole nitrogens is 1. The highest BCUT2D eigenvalue weighted by Gasteiger charge is 2.20. The van der Waals surface area contributed by atoms with E-state index in [2.05, 4.69) is 22.4 Å². The molecule has 0 fully saturated rings. The molecule has 6 nitrogen and oxygen atoms in total. The number of aromatic amines is 1. The average Bonchev–Trinajstić information content (AvgIpc) is 3.11. The van der Waals surface area contributed by atoms with Crippen molar-refractivity contribution in [2.45, 2.75) is 33.1 Å². The normalized spacial score (nSPS) is 15.9. The molecule has 0 saturated heterocycles. The van der Waals surface area contributed by atoms with E-state index in [1.54, 1.807) is 13.3 Å². The van der Waals surface area contributed by atoms with Gasteiger partial charge in [0.2, 0.25) is 0 Å². The minimum atomic E-state index is -0.244. The van der Waals surface area contributed by atoms with Crippen LogP contribution in [0.3, 0.4) is 0 Å². The topological polar surface area (TPSA) is 75.7 Å².